The standard InChI is InChI=1S/C16H14N2S2/c1-12-6-2-3-7-14(12)16-18-13(11-20-16)10-19-15-8-4-5-9-17-15/h2-9,11H,10H2,1H3. The summed E-state index contributed by atoms with van der Waals surface area (Å²) in [6.07, 6.45) is 1.82. The van der Waals surface area contributed by atoms with Crippen molar-refractivity contribution in [3.8, 4) is 10.6 Å². The second kappa shape index (κ2) is 6.20. The number of hydrogen-bond acceptors (Lipinski definition) is 4. The molecule has 2 heterocycles. The molecule has 0 aliphatic heterocycles. The normalized spacial score (nSPS) is 10.7. The van der Waals surface area contributed by atoms with Gasteiger partial charge in [-0.15, -0.1) is 23.1 Å². The first-order valence-corrected chi connectivity index (χ1v) is 8.24. The summed E-state index contributed by atoms with van der Waals surface area (Å²) in [6, 6.07) is 14.3. The van der Waals surface area contributed by atoms with Crippen LogP contribution in [0.3, 0.4) is 0 Å². The van der Waals surface area contributed by atoms with Gasteiger partial charge in [0.25, 0.3) is 0 Å². The lowest BCUT2D eigenvalue weighted by atomic mass is 10.1. The van der Waals surface area contributed by atoms with Gasteiger partial charge in [-0.1, -0.05) is 30.3 Å². The average Bonchev–Trinajstić information content (AvgIpc) is 2.95. The van der Waals surface area contributed by atoms with E-state index in [1.807, 2.05) is 24.4 Å². The van der Waals surface area contributed by atoms with Crippen molar-refractivity contribution < 1.29 is 0 Å². The maximum atomic E-state index is 4.73. The molecular weight excluding hydrogens is 284 g/mol. The van der Waals surface area contributed by atoms with Gasteiger partial charge in [-0.25, -0.2) is 9.97 Å². The number of thioether (sulfide) groups is 1. The van der Waals surface area contributed by atoms with Gasteiger partial charge < -0.3 is 0 Å². The van der Waals surface area contributed by atoms with Crippen LogP contribution in [0.2, 0.25) is 0 Å². The summed E-state index contributed by atoms with van der Waals surface area (Å²) in [5, 5.41) is 4.27. The molecule has 0 N–H and O–H groups in total. The number of pyridine rings is 1. The van der Waals surface area contributed by atoms with Crippen LogP contribution >= 0.6 is 23.1 Å². The summed E-state index contributed by atoms with van der Waals surface area (Å²) in [4.78, 5) is 9.04. The SMILES string of the molecule is Cc1ccccc1-c1nc(CSc2ccccn2)cs1. The molecule has 2 nitrogen and oxygen atoms in total. The molecule has 0 atom stereocenters. The third-order valence-corrected chi connectivity index (χ3v) is 4.83. The Morgan fingerprint density at radius 2 is 1.95 bits per heavy atom. The number of aromatic nitrogens is 2. The third-order valence-electron chi connectivity index (χ3n) is 2.93. The first kappa shape index (κ1) is 13.3. The van der Waals surface area contributed by atoms with E-state index in [1.54, 1.807) is 23.1 Å². The third kappa shape index (κ3) is 3.08. The fourth-order valence-electron chi connectivity index (χ4n) is 1.89. The van der Waals surface area contributed by atoms with Gasteiger partial charge in [0.1, 0.15) is 5.01 Å². The van der Waals surface area contributed by atoms with E-state index in [0.29, 0.717) is 0 Å². The lowest BCUT2D eigenvalue weighted by molar-refractivity contribution is 1.12. The Kier molecular flexibility index (Phi) is 4.14. The maximum Gasteiger partial charge on any atom is 0.123 e. The van der Waals surface area contributed by atoms with E-state index in [4.69, 9.17) is 4.98 Å². The Morgan fingerprint density at radius 3 is 2.75 bits per heavy atom. The predicted molar refractivity (Wildman–Crippen MR) is 86.1 cm³/mol. The molecule has 0 aliphatic carbocycles. The van der Waals surface area contributed by atoms with E-state index in [0.717, 1.165) is 21.5 Å². The number of hydrogen-bond donors (Lipinski definition) is 0. The van der Waals surface area contributed by atoms with Gasteiger partial charge in [0.15, 0.2) is 0 Å². The number of benzene rings is 1. The van der Waals surface area contributed by atoms with Gasteiger partial charge in [-0.05, 0) is 24.6 Å². The van der Waals surface area contributed by atoms with E-state index < -0.39 is 0 Å². The first-order chi connectivity index (χ1) is 9.83. The summed E-state index contributed by atoms with van der Waals surface area (Å²) in [7, 11) is 0. The van der Waals surface area contributed by atoms with Crippen molar-refractivity contribution >= 4 is 23.1 Å². The average molecular weight is 298 g/mol. The molecule has 0 radical (unpaired) electrons. The molecule has 0 aliphatic rings. The lowest BCUT2D eigenvalue weighted by Gasteiger charge is -2.00. The van der Waals surface area contributed by atoms with Gasteiger partial charge in [0, 0.05) is 22.9 Å². The van der Waals surface area contributed by atoms with Crippen LogP contribution in [0.25, 0.3) is 10.6 Å². The van der Waals surface area contributed by atoms with Crippen LogP contribution in [-0.4, -0.2) is 9.97 Å². The summed E-state index contributed by atoms with van der Waals surface area (Å²) in [5.41, 5.74) is 3.61. The van der Waals surface area contributed by atoms with Crippen LogP contribution in [0, 0.1) is 6.92 Å². The summed E-state index contributed by atoms with van der Waals surface area (Å²) >= 11 is 3.43. The summed E-state index contributed by atoms with van der Waals surface area (Å²) in [6.45, 7) is 2.12. The monoisotopic (exact) mass is 298 g/mol. The molecule has 0 bridgehead atoms. The highest BCUT2D eigenvalue weighted by Crippen LogP contribution is 2.28. The van der Waals surface area contributed by atoms with Gasteiger partial charge in [0.05, 0.1) is 10.7 Å². The van der Waals surface area contributed by atoms with Crippen molar-refractivity contribution in [3.05, 3.63) is 65.3 Å². The van der Waals surface area contributed by atoms with Gasteiger partial charge in [0.2, 0.25) is 0 Å². The van der Waals surface area contributed by atoms with Crippen LogP contribution in [0.15, 0.2) is 59.1 Å². The molecule has 3 rings (SSSR count). The van der Waals surface area contributed by atoms with Crippen LogP contribution < -0.4 is 0 Å². The molecule has 0 fully saturated rings. The number of aryl methyl sites for hydroxylation is 1. The Labute approximate surface area is 126 Å². The van der Waals surface area contributed by atoms with E-state index >= 15 is 0 Å². The zero-order valence-electron chi connectivity index (χ0n) is 11.1. The number of rotatable bonds is 4. The largest absolute Gasteiger partial charge is 0.250 e. The molecular formula is C16H14N2S2. The molecule has 4 heteroatoms. The quantitative estimate of drug-likeness (QED) is 0.647. The summed E-state index contributed by atoms with van der Waals surface area (Å²) in [5.74, 6) is 0.861. The van der Waals surface area contributed by atoms with Crippen molar-refractivity contribution in [2.24, 2.45) is 0 Å². The second-order valence-corrected chi connectivity index (χ2v) is 6.27. The van der Waals surface area contributed by atoms with Crippen LogP contribution in [0.4, 0.5) is 0 Å². The van der Waals surface area contributed by atoms with Crippen LogP contribution in [0.5, 0.6) is 0 Å². The smallest absolute Gasteiger partial charge is 0.123 e. The van der Waals surface area contributed by atoms with E-state index in [-0.39, 0.29) is 0 Å². The zero-order chi connectivity index (χ0) is 13.8. The highest BCUT2D eigenvalue weighted by molar-refractivity contribution is 7.98. The molecule has 2 aromatic heterocycles. The van der Waals surface area contributed by atoms with Crippen molar-refractivity contribution in [1.29, 1.82) is 0 Å². The Hall–Kier alpha value is -1.65. The Bertz CT molecular complexity index is 692. The minimum Gasteiger partial charge on any atom is -0.250 e. The van der Waals surface area contributed by atoms with Crippen molar-refractivity contribution in [1.82, 2.24) is 9.97 Å². The van der Waals surface area contributed by atoms with Crippen LogP contribution in [-0.2, 0) is 5.75 Å². The lowest BCUT2D eigenvalue weighted by Crippen LogP contribution is -1.85. The molecule has 0 spiro atoms. The van der Waals surface area contributed by atoms with Gasteiger partial charge in [-0.2, -0.15) is 0 Å². The first-order valence-electron chi connectivity index (χ1n) is 6.37. The minimum absolute atomic E-state index is 0.861. The van der Waals surface area contributed by atoms with Gasteiger partial charge in [-0.3, -0.25) is 0 Å². The predicted octanol–water partition coefficient (Wildman–Crippen LogP) is 4.81. The topological polar surface area (TPSA) is 25.8 Å². The van der Waals surface area contributed by atoms with E-state index in [1.165, 1.54) is 11.1 Å². The fraction of sp³-hybridized carbons (Fsp3) is 0.125. The molecule has 100 valence electrons. The van der Waals surface area contributed by atoms with E-state index in [9.17, 15) is 0 Å². The molecule has 0 saturated carbocycles. The molecule has 0 unspecified atom stereocenters. The number of thiazole rings is 1. The number of nitrogens with zero attached hydrogens (tertiary/aromatic N) is 2. The van der Waals surface area contributed by atoms with Gasteiger partial charge >= 0.3 is 0 Å². The van der Waals surface area contributed by atoms with Crippen molar-refractivity contribution in [2.75, 3.05) is 0 Å². The molecule has 0 amide bonds. The van der Waals surface area contributed by atoms with Crippen molar-refractivity contribution in [2.45, 2.75) is 17.7 Å². The molecule has 20 heavy (non-hydrogen) atoms. The Balaban J connectivity index is 1.73. The highest BCUT2D eigenvalue weighted by atomic mass is 32.2. The molecule has 1 aromatic carbocycles. The minimum atomic E-state index is 0.861. The fourth-order valence-corrected chi connectivity index (χ4v) is 3.66. The molecule has 3 aromatic rings. The van der Waals surface area contributed by atoms with Crippen LogP contribution in [0.1, 0.15) is 11.3 Å². The van der Waals surface area contributed by atoms with Crippen molar-refractivity contribution in [3.63, 3.8) is 0 Å². The van der Waals surface area contributed by atoms with E-state index in [2.05, 4.69) is 41.6 Å². The zero-order valence-corrected chi connectivity index (χ0v) is 12.7. The summed E-state index contributed by atoms with van der Waals surface area (Å²) < 4.78 is 0. The molecule has 0 saturated heterocycles. The highest BCUT2D eigenvalue weighted by Gasteiger charge is 2.07. The second-order valence-electron chi connectivity index (χ2n) is 4.42. The Morgan fingerprint density at radius 1 is 1.10 bits per heavy atom. The maximum absolute atomic E-state index is 4.73.